The summed E-state index contributed by atoms with van der Waals surface area (Å²) in [5.74, 6) is 0. The number of hydrogen-bond donors (Lipinski definition) is 0. The fraction of sp³-hybridized carbons (Fsp3) is 0.417. The Labute approximate surface area is 88.7 Å². The average Bonchev–Trinajstić information content (AvgIpc) is 2.74. The van der Waals surface area contributed by atoms with E-state index in [0.717, 1.165) is 23.9 Å². The summed E-state index contributed by atoms with van der Waals surface area (Å²) in [4.78, 5) is 0. The van der Waals surface area contributed by atoms with Gasteiger partial charge in [-0.15, -0.1) is 0 Å². The molecule has 1 atom stereocenters. The van der Waals surface area contributed by atoms with Gasteiger partial charge in [0.15, 0.2) is 6.23 Å². The molecule has 3 heteroatoms. The highest BCUT2D eigenvalue weighted by molar-refractivity contribution is 5.78. The van der Waals surface area contributed by atoms with Crippen molar-refractivity contribution in [3.8, 4) is 0 Å². The van der Waals surface area contributed by atoms with Crippen molar-refractivity contribution in [1.82, 2.24) is 9.78 Å². The second-order valence-corrected chi connectivity index (χ2v) is 3.90. The van der Waals surface area contributed by atoms with Crippen LogP contribution in [0, 0.1) is 6.07 Å². The number of ether oxygens (including phenoxy) is 1. The summed E-state index contributed by atoms with van der Waals surface area (Å²) in [5.41, 5.74) is 1.12. The third-order valence-electron chi connectivity index (χ3n) is 2.87. The van der Waals surface area contributed by atoms with Crippen LogP contribution in [0.4, 0.5) is 0 Å². The summed E-state index contributed by atoms with van der Waals surface area (Å²) >= 11 is 0. The average molecular weight is 201 g/mol. The van der Waals surface area contributed by atoms with Gasteiger partial charge in [-0.2, -0.15) is 5.10 Å². The van der Waals surface area contributed by atoms with Crippen molar-refractivity contribution < 1.29 is 4.74 Å². The molecular formula is C12H13N2O. The topological polar surface area (TPSA) is 27.1 Å². The Kier molecular flexibility index (Phi) is 2.18. The molecule has 3 rings (SSSR count). The first-order chi connectivity index (χ1) is 7.45. The van der Waals surface area contributed by atoms with E-state index >= 15 is 0 Å². The van der Waals surface area contributed by atoms with E-state index in [4.69, 9.17) is 4.74 Å². The Morgan fingerprint density at radius 2 is 2.47 bits per heavy atom. The lowest BCUT2D eigenvalue weighted by Crippen LogP contribution is -2.18. The Bertz CT molecular complexity index is 457. The quantitative estimate of drug-likeness (QED) is 0.709. The molecule has 1 saturated heterocycles. The minimum Gasteiger partial charge on any atom is -0.356 e. The normalized spacial score (nSPS) is 22.0. The Morgan fingerprint density at radius 3 is 3.33 bits per heavy atom. The van der Waals surface area contributed by atoms with E-state index in [0.29, 0.717) is 0 Å². The van der Waals surface area contributed by atoms with E-state index in [9.17, 15) is 0 Å². The van der Waals surface area contributed by atoms with Gasteiger partial charge in [-0.1, -0.05) is 12.1 Å². The molecule has 15 heavy (non-hydrogen) atoms. The number of benzene rings is 1. The van der Waals surface area contributed by atoms with Gasteiger partial charge >= 0.3 is 0 Å². The van der Waals surface area contributed by atoms with Crippen LogP contribution in [0.15, 0.2) is 24.4 Å². The van der Waals surface area contributed by atoms with Gasteiger partial charge in [0, 0.05) is 12.0 Å². The van der Waals surface area contributed by atoms with Crippen molar-refractivity contribution in [3.05, 3.63) is 30.5 Å². The van der Waals surface area contributed by atoms with Crippen LogP contribution in [0.25, 0.3) is 10.9 Å². The maximum absolute atomic E-state index is 5.72. The molecule has 2 heterocycles. The van der Waals surface area contributed by atoms with E-state index in [2.05, 4.69) is 11.2 Å². The summed E-state index contributed by atoms with van der Waals surface area (Å²) in [6.07, 6.45) is 5.46. The predicted octanol–water partition coefficient (Wildman–Crippen LogP) is 2.54. The van der Waals surface area contributed by atoms with Gasteiger partial charge in [-0.05, 0) is 31.4 Å². The summed E-state index contributed by atoms with van der Waals surface area (Å²) in [7, 11) is 0. The Balaban J connectivity index is 2.02. The lowest BCUT2D eigenvalue weighted by atomic mass is 10.2. The van der Waals surface area contributed by atoms with Crippen molar-refractivity contribution >= 4 is 10.9 Å². The van der Waals surface area contributed by atoms with E-state index in [1.165, 1.54) is 12.8 Å². The number of aromatic nitrogens is 2. The maximum atomic E-state index is 5.72. The molecule has 0 amide bonds. The van der Waals surface area contributed by atoms with Gasteiger partial charge < -0.3 is 4.74 Å². The highest BCUT2D eigenvalue weighted by atomic mass is 16.5. The molecule has 0 spiro atoms. The van der Waals surface area contributed by atoms with Crippen molar-refractivity contribution in [2.45, 2.75) is 25.5 Å². The molecule has 1 aromatic heterocycles. The molecule has 1 unspecified atom stereocenters. The zero-order valence-corrected chi connectivity index (χ0v) is 8.52. The summed E-state index contributed by atoms with van der Waals surface area (Å²) < 4.78 is 7.69. The van der Waals surface area contributed by atoms with Gasteiger partial charge in [0.25, 0.3) is 0 Å². The predicted molar refractivity (Wildman–Crippen MR) is 57.4 cm³/mol. The molecule has 1 aliphatic heterocycles. The number of nitrogens with zero attached hydrogens (tertiary/aromatic N) is 2. The van der Waals surface area contributed by atoms with Crippen LogP contribution in [0.3, 0.4) is 0 Å². The van der Waals surface area contributed by atoms with Crippen molar-refractivity contribution in [3.63, 3.8) is 0 Å². The highest BCUT2D eigenvalue weighted by Gasteiger charge is 2.17. The Morgan fingerprint density at radius 1 is 1.47 bits per heavy atom. The van der Waals surface area contributed by atoms with Crippen molar-refractivity contribution in [1.29, 1.82) is 0 Å². The van der Waals surface area contributed by atoms with Gasteiger partial charge in [0.05, 0.1) is 11.7 Å². The first-order valence-corrected chi connectivity index (χ1v) is 5.40. The van der Waals surface area contributed by atoms with Crippen LogP contribution >= 0.6 is 0 Å². The summed E-state index contributed by atoms with van der Waals surface area (Å²) in [6, 6.07) is 9.00. The lowest BCUT2D eigenvalue weighted by Gasteiger charge is -2.23. The fourth-order valence-corrected chi connectivity index (χ4v) is 2.07. The zero-order valence-electron chi connectivity index (χ0n) is 8.52. The monoisotopic (exact) mass is 201 g/mol. The minimum absolute atomic E-state index is 0.118. The molecule has 0 aliphatic carbocycles. The maximum Gasteiger partial charge on any atom is 0.150 e. The first-order valence-electron chi connectivity index (χ1n) is 5.40. The summed E-state index contributed by atoms with van der Waals surface area (Å²) in [5, 5.41) is 5.55. The SMILES string of the molecule is [c]1ccc2cnn(C3CCCCO3)c2c1. The standard InChI is InChI=1S/C12H13N2O/c1-2-6-11-10(5-1)9-13-14(11)12-7-3-4-8-15-12/h1,5-6,9,12H,3-4,7-8H2. The molecule has 0 N–H and O–H groups in total. The third-order valence-corrected chi connectivity index (χ3v) is 2.87. The lowest BCUT2D eigenvalue weighted by molar-refractivity contribution is -0.0366. The van der Waals surface area contributed by atoms with Crippen molar-refractivity contribution in [2.24, 2.45) is 0 Å². The highest BCUT2D eigenvalue weighted by Crippen LogP contribution is 2.25. The molecule has 0 saturated carbocycles. The van der Waals surface area contributed by atoms with Crippen molar-refractivity contribution in [2.75, 3.05) is 6.61 Å². The molecule has 3 nitrogen and oxygen atoms in total. The molecule has 77 valence electrons. The first kappa shape index (κ1) is 8.92. The minimum atomic E-state index is 0.118. The number of rotatable bonds is 1. The van der Waals surface area contributed by atoms with Gasteiger partial charge in [0.2, 0.25) is 0 Å². The van der Waals surface area contributed by atoms with Crippen LogP contribution in [0.1, 0.15) is 25.5 Å². The van der Waals surface area contributed by atoms with Gasteiger partial charge in [0.1, 0.15) is 0 Å². The zero-order chi connectivity index (χ0) is 10.1. The van der Waals surface area contributed by atoms with E-state index in [-0.39, 0.29) is 6.23 Å². The third kappa shape index (κ3) is 1.53. The van der Waals surface area contributed by atoms with Crippen LogP contribution in [0.2, 0.25) is 0 Å². The fourth-order valence-electron chi connectivity index (χ4n) is 2.07. The van der Waals surface area contributed by atoms with Crippen LogP contribution in [-0.2, 0) is 4.74 Å². The smallest absolute Gasteiger partial charge is 0.150 e. The molecule has 1 fully saturated rings. The Hall–Kier alpha value is -1.35. The van der Waals surface area contributed by atoms with E-state index in [1.54, 1.807) is 0 Å². The molecule has 1 aromatic carbocycles. The van der Waals surface area contributed by atoms with Crippen LogP contribution < -0.4 is 0 Å². The second kappa shape index (κ2) is 3.66. The van der Waals surface area contributed by atoms with E-state index in [1.807, 2.05) is 29.1 Å². The van der Waals surface area contributed by atoms with Gasteiger partial charge in [-0.25, -0.2) is 4.68 Å². The molecule has 2 aromatic rings. The van der Waals surface area contributed by atoms with E-state index < -0.39 is 0 Å². The molecular weight excluding hydrogens is 188 g/mol. The van der Waals surface area contributed by atoms with Crippen LogP contribution in [0.5, 0.6) is 0 Å². The molecule has 0 bridgehead atoms. The van der Waals surface area contributed by atoms with Gasteiger partial charge in [-0.3, -0.25) is 0 Å². The molecule has 1 aliphatic rings. The number of fused-ring (bicyclic) bond motifs is 1. The summed E-state index contributed by atoms with van der Waals surface area (Å²) in [6.45, 7) is 0.850. The largest absolute Gasteiger partial charge is 0.356 e. The second-order valence-electron chi connectivity index (χ2n) is 3.90. The van der Waals surface area contributed by atoms with Crippen LogP contribution in [-0.4, -0.2) is 16.4 Å². The molecule has 1 radical (unpaired) electrons. The number of hydrogen-bond acceptors (Lipinski definition) is 2.